The molecular weight excluding hydrogens is 357 g/mol. The summed E-state index contributed by atoms with van der Waals surface area (Å²) >= 11 is 6.33. The third kappa shape index (κ3) is 3.39. The highest BCUT2D eigenvalue weighted by atomic mass is 32.2. The van der Waals surface area contributed by atoms with Crippen molar-refractivity contribution in [1.82, 2.24) is 0 Å². The number of hydrogen-bond donors (Lipinski definition) is 1. The summed E-state index contributed by atoms with van der Waals surface area (Å²) < 4.78 is 38.7. The second-order valence-electron chi connectivity index (χ2n) is 5.00. The molecule has 1 heterocycles. The molecular formula is C16H11F3N2OS2. The molecule has 0 radical (unpaired) electrons. The Morgan fingerprint density at radius 2 is 1.79 bits per heavy atom. The van der Waals surface area contributed by atoms with Gasteiger partial charge in [0.25, 0.3) is 5.91 Å². The highest BCUT2D eigenvalue weighted by Gasteiger charge is 2.38. The lowest BCUT2D eigenvalue weighted by molar-refractivity contribution is -0.137. The van der Waals surface area contributed by atoms with Crippen LogP contribution in [-0.4, -0.2) is 15.6 Å². The van der Waals surface area contributed by atoms with Gasteiger partial charge in [-0.05, 0) is 30.3 Å². The van der Waals surface area contributed by atoms with Gasteiger partial charge in [0.2, 0.25) is 0 Å². The molecule has 8 heteroatoms. The Hall–Kier alpha value is -2.06. The number of hydrogen-bond acceptors (Lipinski definition) is 4. The number of carbonyl (C=O) groups excluding carboxylic acids is 1. The van der Waals surface area contributed by atoms with Gasteiger partial charge in [0.15, 0.2) is 5.37 Å². The standard InChI is InChI=1S/C16H11F3N2OS2/c17-16(18,19)10-5-4-6-11(9-10)20-13-14(22)21(15(23)24-13)12-7-2-1-3-8-12/h1-9,13,20H/t13-/m1/s1. The molecule has 0 unspecified atom stereocenters. The molecule has 1 aliphatic heterocycles. The number of carbonyl (C=O) groups is 1. The quantitative estimate of drug-likeness (QED) is 0.808. The van der Waals surface area contributed by atoms with E-state index >= 15 is 0 Å². The molecule has 1 fully saturated rings. The molecule has 1 aliphatic rings. The van der Waals surface area contributed by atoms with Crippen LogP contribution in [0.4, 0.5) is 24.5 Å². The number of benzene rings is 2. The van der Waals surface area contributed by atoms with Gasteiger partial charge in [0.05, 0.1) is 11.3 Å². The number of thiocarbonyl (C=S) groups is 1. The summed E-state index contributed by atoms with van der Waals surface area (Å²) in [4.78, 5) is 13.9. The average molecular weight is 368 g/mol. The maximum atomic E-state index is 12.8. The van der Waals surface area contributed by atoms with Crippen molar-refractivity contribution in [2.45, 2.75) is 11.6 Å². The molecule has 1 N–H and O–H groups in total. The molecule has 0 aliphatic carbocycles. The number of nitrogens with one attached hydrogen (secondary N) is 1. The van der Waals surface area contributed by atoms with Crippen molar-refractivity contribution in [3.05, 3.63) is 60.2 Å². The monoisotopic (exact) mass is 368 g/mol. The number of thioether (sulfide) groups is 1. The average Bonchev–Trinajstić information content (AvgIpc) is 2.82. The van der Waals surface area contributed by atoms with Gasteiger partial charge >= 0.3 is 6.18 Å². The number of anilines is 2. The molecule has 0 saturated carbocycles. The van der Waals surface area contributed by atoms with Gasteiger partial charge in [0.1, 0.15) is 4.32 Å². The first-order valence-electron chi connectivity index (χ1n) is 6.90. The van der Waals surface area contributed by atoms with Crippen LogP contribution in [0.2, 0.25) is 0 Å². The Labute approximate surface area is 145 Å². The van der Waals surface area contributed by atoms with Gasteiger partial charge in [-0.3, -0.25) is 9.69 Å². The van der Waals surface area contributed by atoms with Crippen LogP contribution in [-0.2, 0) is 11.0 Å². The fourth-order valence-electron chi connectivity index (χ4n) is 2.25. The smallest absolute Gasteiger partial charge is 0.365 e. The first kappa shape index (κ1) is 16.8. The Kier molecular flexibility index (Phi) is 4.51. The number of alkyl halides is 3. The molecule has 1 atom stereocenters. The van der Waals surface area contributed by atoms with E-state index in [0.717, 1.165) is 23.9 Å². The van der Waals surface area contributed by atoms with E-state index < -0.39 is 17.1 Å². The predicted molar refractivity (Wildman–Crippen MR) is 93.0 cm³/mol. The summed E-state index contributed by atoms with van der Waals surface area (Å²) in [5.74, 6) is -0.311. The first-order valence-corrected chi connectivity index (χ1v) is 8.18. The number of halogens is 3. The van der Waals surface area contributed by atoms with Gasteiger partial charge in [-0.2, -0.15) is 13.2 Å². The molecule has 0 bridgehead atoms. The van der Waals surface area contributed by atoms with Crippen LogP contribution >= 0.6 is 24.0 Å². The molecule has 124 valence electrons. The SMILES string of the molecule is O=C1[C@H](Nc2cccc(C(F)(F)F)c2)SC(=S)N1c1ccccc1. The van der Waals surface area contributed by atoms with Gasteiger partial charge < -0.3 is 5.32 Å². The third-order valence-corrected chi connectivity index (χ3v) is 4.76. The lowest BCUT2D eigenvalue weighted by Crippen LogP contribution is -2.34. The second-order valence-corrected chi connectivity index (χ2v) is 6.73. The molecule has 0 spiro atoms. The summed E-state index contributed by atoms with van der Waals surface area (Å²) in [6, 6.07) is 13.6. The van der Waals surface area contributed by atoms with E-state index in [-0.39, 0.29) is 11.6 Å². The molecule has 2 aromatic carbocycles. The Morgan fingerprint density at radius 1 is 1.08 bits per heavy atom. The summed E-state index contributed by atoms with van der Waals surface area (Å²) in [5.41, 5.74) is 0.0761. The molecule has 1 amide bonds. The van der Waals surface area contributed by atoms with Crippen LogP contribution < -0.4 is 10.2 Å². The fraction of sp³-hybridized carbons (Fsp3) is 0.125. The van der Waals surface area contributed by atoms with Crippen LogP contribution in [0.5, 0.6) is 0 Å². The Balaban J connectivity index is 1.80. The van der Waals surface area contributed by atoms with E-state index in [4.69, 9.17) is 12.2 Å². The van der Waals surface area contributed by atoms with E-state index in [1.165, 1.54) is 17.0 Å². The summed E-state index contributed by atoms with van der Waals surface area (Å²) in [7, 11) is 0. The van der Waals surface area contributed by atoms with Crippen molar-refractivity contribution in [3.63, 3.8) is 0 Å². The van der Waals surface area contributed by atoms with Gasteiger partial charge in [-0.15, -0.1) is 0 Å². The van der Waals surface area contributed by atoms with E-state index in [2.05, 4.69) is 5.32 Å². The van der Waals surface area contributed by atoms with Gasteiger partial charge in [-0.25, -0.2) is 0 Å². The summed E-state index contributed by atoms with van der Waals surface area (Å²) in [6.07, 6.45) is -4.43. The second kappa shape index (κ2) is 6.45. The minimum absolute atomic E-state index is 0.216. The van der Waals surface area contributed by atoms with Crippen molar-refractivity contribution >= 4 is 45.6 Å². The Morgan fingerprint density at radius 3 is 2.46 bits per heavy atom. The minimum atomic E-state index is -4.43. The van der Waals surface area contributed by atoms with Crippen molar-refractivity contribution < 1.29 is 18.0 Å². The summed E-state index contributed by atoms with van der Waals surface area (Å²) in [5, 5.41) is 2.05. The number of nitrogens with zero attached hydrogens (tertiary/aromatic N) is 1. The van der Waals surface area contributed by atoms with Crippen molar-refractivity contribution in [1.29, 1.82) is 0 Å². The minimum Gasteiger partial charge on any atom is -0.365 e. The zero-order valence-electron chi connectivity index (χ0n) is 12.1. The van der Waals surface area contributed by atoms with E-state index in [9.17, 15) is 18.0 Å². The van der Waals surface area contributed by atoms with Crippen LogP contribution in [0.25, 0.3) is 0 Å². The molecule has 24 heavy (non-hydrogen) atoms. The molecule has 3 rings (SSSR count). The van der Waals surface area contributed by atoms with Crippen LogP contribution in [0.3, 0.4) is 0 Å². The van der Waals surface area contributed by atoms with Crippen molar-refractivity contribution in [2.24, 2.45) is 0 Å². The van der Waals surface area contributed by atoms with Gasteiger partial charge in [-0.1, -0.05) is 48.2 Å². The maximum Gasteiger partial charge on any atom is 0.416 e. The predicted octanol–water partition coefficient (Wildman–Crippen LogP) is 4.51. The molecule has 1 saturated heterocycles. The lowest BCUT2D eigenvalue weighted by atomic mass is 10.2. The van der Waals surface area contributed by atoms with E-state index in [1.807, 2.05) is 6.07 Å². The summed E-state index contributed by atoms with van der Waals surface area (Å²) in [6.45, 7) is 0. The van der Waals surface area contributed by atoms with Crippen molar-refractivity contribution in [3.8, 4) is 0 Å². The largest absolute Gasteiger partial charge is 0.416 e. The number of rotatable bonds is 3. The van der Waals surface area contributed by atoms with Gasteiger partial charge in [0, 0.05) is 5.69 Å². The maximum absolute atomic E-state index is 12.8. The topological polar surface area (TPSA) is 32.3 Å². The van der Waals surface area contributed by atoms with E-state index in [0.29, 0.717) is 10.0 Å². The highest BCUT2D eigenvalue weighted by Crippen LogP contribution is 2.34. The normalized spacial score (nSPS) is 18.1. The molecule has 3 nitrogen and oxygen atoms in total. The van der Waals surface area contributed by atoms with Crippen LogP contribution in [0, 0.1) is 0 Å². The molecule has 2 aromatic rings. The zero-order chi connectivity index (χ0) is 17.3. The van der Waals surface area contributed by atoms with Crippen LogP contribution in [0.1, 0.15) is 5.56 Å². The van der Waals surface area contributed by atoms with E-state index in [1.54, 1.807) is 24.3 Å². The number of amides is 1. The lowest BCUT2D eigenvalue weighted by Gasteiger charge is -2.16. The highest BCUT2D eigenvalue weighted by molar-refractivity contribution is 8.25. The zero-order valence-corrected chi connectivity index (χ0v) is 13.7. The third-order valence-electron chi connectivity index (χ3n) is 3.35. The molecule has 0 aromatic heterocycles. The Bertz CT molecular complexity index is 780. The number of para-hydroxylation sites is 1. The first-order chi connectivity index (χ1) is 11.4. The van der Waals surface area contributed by atoms with Crippen molar-refractivity contribution in [2.75, 3.05) is 10.2 Å². The van der Waals surface area contributed by atoms with Crippen LogP contribution in [0.15, 0.2) is 54.6 Å². The fourth-order valence-corrected chi connectivity index (χ4v) is 3.64.